The second-order valence-electron chi connectivity index (χ2n) is 4.10. The molecule has 0 aromatic rings. The molecular formula is C9H15N3Si. The van der Waals surface area contributed by atoms with Crippen LogP contribution in [-0.2, 0) is 0 Å². The van der Waals surface area contributed by atoms with Gasteiger partial charge < -0.3 is 5.73 Å². The van der Waals surface area contributed by atoms with Crippen LogP contribution >= 0.6 is 0 Å². The third-order valence-electron chi connectivity index (χ3n) is 1.53. The molecule has 0 aromatic carbocycles. The van der Waals surface area contributed by atoms with Crippen molar-refractivity contribution in [2.24, 2.45) is 21.6 Å². The molecule has 70 valence electrons. The summed E-state index contributed by atoms with van der Waals surface area (Å²) in [5, 5.41) is 0. The van der Waals surface area contributed by atoms with E-state index in [9.17, 15) is 0 Å². The van der Waals surface area contributed by atoms with Crippen molar-refractivity contribution in [3.8, 4) is 11.5 Å². The molecule has 1 aliphatic rings. The summed E-state index contributed by atoms with van der Waals surface area (Å²) in [5.74, 6) is 3.13. The van der Waals surface area contributed by atoms with E-state index in [2.05, 4.69) is 41.1 Å². The summed E-state index contributed by atoms with van der Waals surface area (Å²) in [7, 11) is -1.30. The highest BCUT2D eigenvalue weighted by Crippen LogP contribution is 2.04. The van der Waals surface area contributed by atoms with E-state index in [0.717, 1.165) is 0 Å². The molecule has 2 atom stereocenters. The van der Waals surface area contributed by atoms with Gasteiger partial charge in [-0.1, -0.05) is 25.6 Å². The first-order chi connectivity index (χ1) is 5.99. The van der Waals surface area contributed by atoms with Gasteiger partial charge in [0, 0.05) is 6.21 Å². The van der Waals surface area contributed by atoms with Crippen LogP contribution in [0.15, 0.2) is 9.98 Å². The lowest BCUT2D eigenvalue weighted by atomic mass is 10.1. The Morgan fingerprint density at radius 2 is 2.08 bits per heavy atom. The molecule has 0 aromatic heterocycles. The molecule has 1 heterocycles. The zero-order valence-electron chi connectivity index (χ0n) is 8.28. The molecule has 1 rings (SSSR count). The van der Waals surface area contributed by atoms with Crippen LogP contribution in [0.4, 0.5) is 0 Å². The van der Waals surface area contributed by atoms with Crippen molar-refractivity contribution < 1.29 is 0 Å². The minimum atomic E-state index is -1.30. The average Bonchev–Trinajstić information content (AvgIpc) is 2.01. The molecule has 3 nitrogen and oxygen atoms in total. The van der Waals surface area contributed by atoms with Crippen LogP contribution in [0.2, 0.25) is 19.6 Å². The lowest BCUT2D eigenvalue weighted by Gasteiger charge is -2.13. The number of hydrogen-bond acceptors (Lipinski definition) is 3. The van der Waals surface area contributed by atoms with E-state index < -0.39 is 8.07 Å². The van der Waals surface area contributed by atoms with Gasteiger partial charge in [-0.2, -0.15) is 0 Å². The Kier molecular flexibility index (Phi) is 3.01. The van der Waals surface area contributed by atoms with Gasteiger partial charge in [-0.15, -0.1) is 5.54 Å². The van der Waals surface area contributed by atoms with E-state index in [1.54, 1.807) is 6.21 Å². The predicted molar refractivity (Wildman–Crippen MR) is 59.6 cm³/mol. The molecule has 0 radical (unpaired) electrons. The first-order valence-electron chi connectivity index (χ1n) is 4.32. The molecule has 0 saturated carbocycles. The predicted octanol–water partition coefficient (Wildman–Crippen LogP) is 0.881. The molecule has 0 spiro atoms. The van der Waals surface area contributed by atoms with E-state index in [1.165, 1.54) is 6.34 Å². The van der Waals surface area contributed by atoms with Crippen molar-refractivity contribution in [3.63, 3.8) is 0 Å². The van der Waals surface area contributed by atoms with Gasteiger partial charge in [-0.25, -0.2) is 4.99 Å². The van der Waals surface area contributed by atoms with Gasteiger partial charge in [0.05, 0.1) is 5.92 Å². The molecule has 4 heteroatoms. The Balaban J connectivity index is 2.68. The van der Waals surface area contributed by atoms with Gasteiger partial charge in [-0.05, 0) is 0 Å². The average molecular weight is 193 g/mol. The summed E-state index contributed by atoms with van der Waals surface area (Å²) >= 11 is 0. The SMILES string of the molecule is C[Si](C)(C)C#CC1C=NC=NC1N. The van der Waals surface area contributed by atoms with Crippen molar-refractivity contribution in [1.82, 2.24) is 0 Å². The van der Waals surface area contributed by atoms with Crippen molar-refractivity contribution in [1.29, 1.82) is 0 Å². The Labute approximate surface area is 80.2 Å². The summed E-state index contributed by atoms with van der Waals surface area (Å²) in [5.41, 5.74) is 9.00. The molecule has 2 unspecified atom stereocenters. The number of rotatable bonds is 0. The maximum Gasteiger partial charge on any atom is 0.129 e. The quantitative estimate of drug-likeness (QED) is 0.450. The largest absolute Gasteiger partial charge is 0.308 e. The van der Waals surface area contributed by atoms with Crippen LogP contribution in [0, 0.1) is 17.4 Å². The Bertz CT molecular complexity index is 290. The lowest BCUT2D eigenvalue weighted by molar-refractivity contribution is 0.655. The summed E-state index contributed by atoms with van der Waals surface area (Å²) in [4.78, 5) is 7.91. The van der Waals surface area contributed by atoms with Crippen molar-refractivity contribution in [2.75, 3.05) is 0 Å². The van der Waals surface area contributed by atoms with Gasteiger partial charge in [0.1, 0.15) is 20.6 Å². The van der Waals surface area contributed by atoms with E-state index in [-0.39, 0.29) is 12.1 Å². The number of nitrogens with two attached hydrogens (primary N) is 1. The smallest absolute Gasteiger partial charge is 0.129 e. The van der Waals surface area contributed by atoms with Crippen LogP contribution < -0.4 is 5.73 Å². The number of aliphatic imine (C=N–C) groups is 2. The highest BCUT2D eigenvalue weighted by molar-refractivity contribution is 6.83. The maximum atomic E-state index is 5.73. The zero-order chi connectivity index (χ0) is 9.90. The van der Waals surface area contributed by atoms with Crippen LogP contribution in [0.5, 0.6) is 0 Å². The van der Waals surface area contributed by atoms with Crippen LogP contribution in [0.25, 0.3) is 0 Å². The minimum Gasteiger partial charge on any atom is -0.308 e. The summed E-state index contributed by atoms with van der Waals surface area (Å²) < 4.78 is 0. The summed E-state index contributed by atoms with van der Waals surface area (Å²) in [6.07, 6.45) is 3.02. The highest BCUT2D eigenvalue weighted by Gasteiger charge is 2.15. The fraction of sp³-hybridized carbons (Fsp3) is 0.556. The van der Waals surface area contributed by atoms with E-state index >= 15 is 0 Å². The van der Waals surface area contributed by atoms with Crippen LogP contribution in [0.3, 0.4) is 0 Å². The van der Waals surface area contributed by atoms with Crippen LogP contribution in [-0.4, -0.2) is 26.8 Å². The monoisotopic (exact) mass is 193 g/mol. The summed E-state index contributed by atoms with van der Waals surface area (Å²) in [6, 6.07) is 0. The molecule has 2 N–H and O–H groups in total. The summed E-state index contributed by atoms with van der Waals surface area (Å²) in [6.45, 7) is 6.61. The minimum absolute atomic E-state index is 0.00303. The molecule has 0 bridgehead atoms. The molecule has 0 fully saturated rings. The third kappa shape index (κ3) is 3.53. The molecule has 1 aliphatic heterocycles. The van der Waals surface area contributed by atoms with Crippen LogP contribution in [0.1, 0.15) is 0 Å². The van der Waals surface area contributed by atoms with Gasteiger partial charge in [0.15, 0.2) is 0 Å². The lowest BCUT2D eigenvalue weighted by Crippen LogP contribution is -2.31. The van der Waals surface area contributed by atoms with Gasteiger partial charge in [0.25, 0.3) is 0 Å². The Hall–Kier alpha value is -0.923. The van der Waals surface area contributed by atoms with E-state index in [4.69, 9.17) is 5.73 Å². The second kappa shape index (κ2) is 3.86. The van der Waals surface area contributed by atoms with Gasteiger partial charge >= 0.3 is 0 Å². The fourth-order valence-electron chi connectivity index (χ4n) is 0.850. The Morgan fingerprint density at radius 1 is 1.38 bits per heavy atom. The fourth-order valence-corrected chi connectivity index (χ4v) is 1.45. The highest BCUT2D eigenvalue weighted by atomic mass is 28.3. The topological polar surface area (TPSA) is 50.7 Å². The van der Waals surface area contributed by atoms with Crippen molar-refractivity contribution in [2.45, 2.75) is 25.8 Å². The van der Waals surface area contributed by atoms with Gasteiger partial charge in [-0.3, -0.25) is 4.99 Å². The number of hydrogen-bond donors (Lipinski definition) is 1. The molecule has 13 heavy (non-hydrogen) atoms. The zero-order valence-corrected chi connectivity index (χ0v) is 9.28. The van der Waals surface area contributed by atoms with Crippen molar-refractivity contribution in [3.05, 3.63) is 0 Å². The van der Waals surface area contributed by atoms with Crippen molar-refractivity contribution >= 4 is 20.6 Å². The third-order valence-corrected chi connectivity index (χ3v) is 2.43. The first-order valence-corrected chi connectivity index (χ1v) is 7.82. The first kappa shape index (κ1) is 10.2. The van der Waals surface area contributed by atoms with Gasteiger partial charge in [0.2, 0.25) is 0 Å². The maximum absolute atomic E-state index is 5.73. The van der Waals surface area contributed by atoms with E-state index in [0.29, 0.717) is 0 Å². The van der Waals surface area contributed by atoms with E-state index in [1.807, 2.05) is 0 Å². The molecule has 0 saturated heterocycles. The molecule has 0 amide bonds. The number of nitrogens with zero attached hydrogens (tertiary/aromatic N) is 2. The molecular weight excluding hydrogens is 178 g/mol. The standard InChI is InChI=1S/C9H15N3Si/c1-13(2,3)5-4-8-6-11-7-12-9(8)10/h6-9H,10H2,1-3H3. The second-order valence-corrected chi connectivity index (χ2v) is 8.85. The molecule has 0 aliphatic carbocycles. The normalized spacial score (nSPS) is 26.8. The Morgan fingerprint density at radius 3 is 2.62 bits per heavy atom.